The Labute approximate surface area is 145 Å². The van der Waals surface area contributed by atoms with E-state index in [2.05, 4.69) is 5.32 Å². The Morgan fingerprint density at radius 2 is 1.80 bits per heavy atom. The molecule has 1 fully saturated rings. The summed E-state index contributed by atoms with van der Waals surface area (Å²) in [5.41, 5.74) is 1.58. The first-order valence-electron chi connectivity index (χ1n) is 8.07. The van der Waals surface area contributed by atoms with Gasteiger partial charge in [-0.25, -0.2) is 4.79 Å². The van der Waals surface area contributed by atoms with Gasteiger partial charge in [0.25, 0.3) is 5.91 Å². The zero-order valence-corrected chi connectivity index (χ0v) is 14.0. The molecule has 1 atom stereocenters. The van der Waals surface area contributed by atoms with Crippen molar-refractivity contribution in [3.05, 3.63) is 59.2 Å². The van der Waals surface area contributed by atoms with Crippen molar-refractivity contribution in [3.8, 4) is 11.5 Å². The van der Waals surface area contributed by atoms with Gasteiger partial charge in [0, 0.05) is 0 Å². The zero-order valence-electron chi connectivity index (χ0n) is 14.0. The molecule has 2 aliphatic rings. The van der Waals surface area contributed by atoms with Crippen molar-refractivity contribution in [2.75, 3.05) is 6.79 Å². The average molecular weight is 338 g/mol. The maximum atomic E-state index is 13.0. The van der Waals surface area contributed by atoms with Gasteiger partial charge in [-0.1, -0.05) is 35.9 Å². The molecule has 3 amide bonds. The second kappa shape index (κ2) is 5.51. The Hall–Kier alpha value is -3.02. The SMILES string of the molecule is Cc1ccc(CN2C(=O)N[C@@](C)(c3ccc4c(c3)OCO4)C2=O)cc1. The lowest BCUT2D eigenvalue weighted by molar-refractivity contribution is -0.131. The third kappa shape index (κ3) is 2.50. The second-order valence-electron chi connectivity index (χ2n) is 6.50. The van der Waals surface area contributed by atoms with Crippen LogP contribution in [0.3, 0.4) is 0 Å². The van der Waals surface area contributed by atoms with E-state index in [1.165, 1.54) is 4.90 Å². The number of aryl methyl sites for hydroxylation is 1. The van der Waals surface area contributed by atoms with Crippen LogP contribution < -0.4 is 14.8 Å². The molecule has 128 valence electrons. The summed E-state index contributed by atoms with van der Waals surface area (Å²) in [6, 6.07) is 12.7. The Balaban J connectivity index is 1.62. The maximum absolute atomic E-state index is 13.0. The number of urea groups is 1. The summed E-state index contributed by atoms with van der Waals surface area (Å²) in [5, 5.41) is 2.81. The number of carbonyl (C=O) groups is 2. The number of rotatable bonds is 3. The first-order chi connectivity index (χ1) is 12.0. The summed E-state index contributed by atoms with van der Waals surface area (Å²) in [5.74, 6) is 0.940. The van der Waals surface area contributed by atoms with Crippen LogP contribution in [-0.4, -0.2) is 23.6 Å². The van der Waals surface area contributed by atoms with Gasteiger partial charge in [-0.15, -0.1) is 0 Å². The average Bonchev–Trinajstić information content (AvgIpc) is 3.15. The number of benzene rings is 2. The first kappa shape index (κ1) is 15.5. The van der Waals surface area contributed by atoms with Crippen LogP contribution in [0.5, 0.6) is 11.5 Å². The Morgan fingerprint density at radius 3 is 2.56 bits per heavy atom. The Bertz CT molecular complexity index is 862. The number of fused-ring (bicyclic) bond motifs is 1. The van der Waals surface area contributed by atoms with Crippen molar-refractivity contribution < 1.29 is 19.1 Å². The van der Waals surface area contributed by atoms with E-state index < -0.39 is 11.6 Å². The molecule has 0 saturated carbocycles. The van der Waals surface area contributed by atoms with Crippen LogP contribution in [0.4, 0.5) is 4.79 Å². The molecule has 2 aliphatic heterocycles. The van der Waals surface area contributed by atoms with Crippen molar-refractivity contribution >= 4 is 11.9 Å². The molecule has 0 spiro atoms. The lowest BCUT2D eigenvalue weighted by Gasteiger charge is -2.22. The van der Waals surface area contributed by atoms with Crippen LogP contribution in [0.25, 0.3) is 0 Å². The van der Waals surface area contributed by atoms with E-state index in [9.17, 15) is 9.59 Å². The van der Waals surface area contributed by atoms with Crippen molar-refractivity contribution in [2.24, 2.45) is 0 Å². The van der Waals surface area contributed by atoms with Gasteiger partial charge in [0.2, 0.25) is 6.79 Å². The van der Waals surface area contributed by atoms with Gasteiger partial charge in [0.15, 0.2) is 11.5 Å². The summed E-state index contributed by atoms with van der Waals surface area (Å²) in [6.07, 6.45) is 0. The third-order valence-corrected chi connectivity index (χ3v) is 4.69. The van der Waals surface area contributed by atoms with Crippen molar-refractivity contribution in [1.82, 2.24) is 10.2 Å². The minimum Gasteiger partial charge on any atom is -0.454 e. The number of carbonyl (C=O) groups excluding carboxylic acids is 2. The van der Waals surface area contributed by atoms with E-state index in [0.717, 1.165) is 11.1 Å². The minimum atomic E-state index is -1.12. The van der Waals surface area contributed by atoms with E-state index in [0.29, 0.717) is 17.1 Å². The molecule has 0 unspecified atom stereocenters. The van der Waals surface area contributed by atoms with E-state index in [1.54, 1.807) is 25.1 Å². The Kier molecular flexibility index (Phi) is 3.42. The van der Waals surface area contributed by atoms with Gasteiger partial charge in [-0.2, -0.15) is 0 Å². The normalized spacial score (nSPS) is 21.6. The van der Waals surface area contributed by atoms with E-state index in [-0.39, 0.29) is 19.2 Å². The lowest BCUT2D eigenvalue weighted by Crippen LogP contribution is -2.40. The van der Waals surface area contributed by atoms with Crippen molar-refractivity contribution in [1.29, 1.82) is 0 Å². The number of nitrogens with zero attached hydrogens (tertiary/aromatic N) is 1. The highest BCUT2D eigenvalue weighted by Crippen LogP contribution is 2.38. The summed E-state index contributed by atoms with van der Waals surface area (Å²) >= 11 is 0. The van der Waals surface area contributed by atoms with Crippen LogP contribution in [0.2, 0.25) is 0 Å². The van der Waals surface area contributed by atoms with Crippen LogP contribution >= 0.6 is 0 Å². The molecule has 6 heteroatoms. The quantitative estimate of drug-likeness (QED) is 0.874. The van der Waals surface area contributed by atoms with E-state index >= 15 is 0 Å². The van der Waals surface area contributed by atoms with Crippen LogP contribution in [0.1, 0.15) is 23.6 Å². The molecule has 1 saturated heterocycles. The van der Waals surface area contributed by atoms with Gasteiger partial charge in [0.1, 0.15) is 5.54 Å². The molecule has 4 rings (SSSR count). The molecule has 0 bridgehead atoms. The highest BCUT2D eigenvalue weighted by atomic mass is 16.7. The van der Waals surface area contributed by atoms with Gasteiger partial charge in [-0.05, 0) is 37.1 Å². The van der Waals surface area contributed by atoms with Crippen LogP contribution in [0.15, 0.2) is 42.5 Å². The lowest BCUT2D eigenvalue weighted by atomic mass is 9.91. The molecule has 0 radical (unpaired) electrons. The zero-order chi connectivity index (χ0) is 17.6. The van der Waals surface area contributed by atoms with E-state index in [4.69, 9.17) is 9.47 Å². The number of ether oxygens (including phenoxy) is 2. The fourth-order valence-corrected chi connectivity index (χ4v) is 3.12. The monoisotopic (exact) mass is 338 g/mol. The standard InChI is InChI=1S/C19H18N2O4/c1-12-3-5-13(6-4-12)10-21-17(22)19(2,20-18(21)23)14-7-8-15-16(9-14)25-11-24-15/h3-9H,10-11H2,1-2H3,(H,20,23)/t19-/m0/s1. The summed E-state index contributed by atoms with van der Waals surface area (Å²) in [4.78, 5) is 26.6. The molecule has 0 aromatic heterocycles. The van der Waals surface area contributed by atoms with Crippen molar-refractivity contribution in [2.45, 2.75) is 25.9 Å². The maximum Gasteiger partial charge on any atom is 0.325 e. The predicted octanol–water partition coefficient (Wildman–Crippen LogP) is 2.69. The number of amides is 3. The predicted molar refractivity (Wildman–Crippen MR) is 90.2 cm³/mol. The number of imide groups is 1. The third-order valence-electron chi connectivity index (χ3n) is 4.69. The second-order valence-corrected chi connectivity index (χ2v) is 6.50. The Morgan fingerprint density at radius 1 is 1.08 bits per heavy atom. The molecule has 2 aromatic carbocycles. The van der Waals surface area contributed by atoms with Gasteiger partial charge in [0.05, 0.1) is 6.54 Å². The fourth-order valence-electron chi connectivity index (χ4n) is 3.12. The molecular weight excluding hydrogens is 320 g/mol. The highest BCUT2D eigenvalue weighted by Gasteiger charge is 2.49. The number of hydrogen-bond donors (Lipinski definition) is 1. The van der Waals surface area contributed by atoms with E-state index in [1.807, 2.05) is 31.2 Å². The van der Waals surface area contributed by atoms with Gasteiger partial charge in [-0.3, -0.25) is 9.69 Å². The fraction of sp³-hybridized carbons (Fsp3) is 0.263. The first-order valence-corrected chi connectivity index (χ1v) is 8.07. The smallest absolute Gasteiger partial charge is 0.325 e. The highest BCUT2D eigenvalue weighted by molar-refractivity contribution is 6.07. The molecule has 6 nitrogen and oxygen atoms in total. The van der Waals surface area contributed by atoms with Crippen LogP contribution in [0, 0.1) is 6.92 Å². The number of hydrogen-bond acceptors (Lipinski definition) is 4. The minimum absolute atomic E-state index is 0.162. The largest absolute Gasteiger partial charge is 0.454 e. The van der Waals surface area contributed by atoms with Gasteiger partial charge >= 0.3 is 6.03 Å². The van der Waals surface area contributed by atoms with Crippen molar-refractivity contribution in [3.63, 3.8) is 0 Å². The topological polar surface area (TPSA) is 67.9 Å². The van der Waals surface area contributed by atoms with Gasteiger partial charge < -0.3 is 14.8 Å². The summed E-state index contributed by atoms with van der Waals surface area (Å²) in [7, 11) is 0. The van der Waals surface area contributed by atoms with Crippen LogP contribution in [-0.2, 0) is 16.9 Å². The molecule has 2 aromatic rings. The molecule has 2 heterocycles. The molecule has 25 heavy (non-hydrogen) atoms. The molecule has 0 aliphatic carbocycles. The number of nitrogens with one attached hydrogen (secondary N) is 1. The molecular formula is C19H18N2O4. The summed E-state index contributed by atoms with van der Waals surface area (Å²) in [6.45, 7) is 4.11. The summed E-state index contributed by atoms with van der Waals surface area (Å²) < 4.78 is 10.7. The molecule has 1 N–H and O–H groups in total.